The van der Waals surface area contributed by atoms with E-state index in [1.54, 1.807) is 27.7 Å². The molecule has 106 valence electrons. The molecule has 0 heterocycles. The Hall–Kier alpha value is -1.69. The molecule has 0 bridgehead atoms. The van der Waals surface area contributed by atoms with Gasteiger partial charge >= 0.3 is 6.03 Å². The van der Waals surface area contributed by atoms with E-state index in [1.807, 2.05) is 0 Å². The van der Waals surface area contributed by atoms with Crippen LogP contribution in [-0.2, 0) is 0 Å². The molecule has 0 aliphatic heterocycles. The Balaban J connectivity index is 2.76. The lowest BCUT2D eigenvalue weighted by molar-refractivity contribution is 0.00184. The third-order valence-corrected chi connectivity index (χ3v) is 3.13. The fourth-order valence-corrected chi connectivity index (χ4v) is 1.18. The number of halogens is 2. The standard InChI is InChI=1S/C13H18F2N2O2/c1-12(2,13(3,4)19)17-11(18)16-10-6-5-8(14)7-9(10)15/h5-7,19H,1-4H3,(H2,16,17,18). The first kappa shape index (κ1) is 15.4. The van der Waals surface area contributed by atoms with Gasteiger partial charge in [-0.25, -0.2) is 13.6 Å². The zero-order valence-electron chi connectivity index (χ0n) is 11.3. The number of hydrogen-bond acceptors (Lipinski definition) is 2. The Labute approximate surface area is 110 Å². The van der Waals surface area contributed by atoms with E-state index in [0.717, 1.165) is 12.1 Å². The predicted octanol–water partition coefficient (Wildman–Crippen LogP) is 2.64. The fraction of sp³-hybridized carbons (Fsp3) is 0.462. The second-order valence-corrected chi connectivity index (χ2v) is 5.39. The van der Waals surface area contributed by atoms with Crippen LogP contribution >= 0.6 is 0 Å². The zero-order valence-corrected chi connectivity index (χ0v) is 11.3. The van der Waals surface area contributed by atoms with Crippen molar-refractivity contribution in [3.8, 4) is 0 Å². The maximum Gasteiger partial charge on any atom is 0.319 e. The number of nitrogens with one attached hydrogen (secondary N) is 2. The molecule has 0 atom stereocenters. The van der Waals surface area contributed by atoms with Crippen molar-refractivity contribution in [1.82, 2.24) is 5.32 Å². The highest BCUT2D eigenvalue weighted by Crippen LogP contribution is 2.21. The van der Waals surface area contributed by atoms with E-state index in [-0.39, 0.29) is 5.69 Å². The minimum atomic E-state index is -1.16. The fourth-order valence-electron chi connectivity index (χ4n) is 1.18. The second-order valence-electron chi connectivity index (χ2n) is 5.39. The first-order valence-corrected chi connectivity index (χ1v) is 5.79. The van der Waals surface area contributed by atoms with E-state index >= 15 is 0 Å². The van der Waals surface area contributed by atoms with Gasteiger partial charge in [-0.1, -0.05) is 0 Å². The molecule has 1 aromatic rings. The summed E-state index contributed by atoms with van der Waals surface area (Å²) >= 11 is 0. The number of anilines is 1. The van der Waals surface area contributed by atoms with Crippen LogP contribution in [0.15, 0.2) is 18.2 Å². The van der Waals surface area contributed by atoms with Crippen molar-refractivity contribution in [3.63, 3.8) is 0 Å². The van der Waals surface area contributed by atoms with Crippen molar-refractivity contribution < 1.29 is 18.7 Å². The van der Waals surface area contributed by atoms with Gasteiger partial charge in [-0.05, 0) is 39.8 Å². The van der Waals surface area contributed by atoms with Crippen LogP contribution in [0.3, 0.4) is 0 Å². The highest BCUT2D eigenvalue weighted by atomic mass is 19.1. The normalized spacial score (nSPS) is 12.2. The molecule has 4 nitrogen and oxygen atoms in total. The minimum absolute atomic E-state index is 0.134. The molecule has 19 heavy (non-hydrogen) atoms. The van der Waals surface area contributed by atoms with Crippen LogP contribution in [0.4, 0.5) is 19.3 Å². The lowest BCUT2D eigenvalue weighted by Gasteiger charge is -2.37. The third-order valence-electron chi connectivity index (χ3n) is 3.13. The maximum atomic E-state index is 13.3. The lowest BCUT2D eigenvalue weighted by atomic mass is 9.86. The lowest BCUT2D eigenvalue weighted by Crippen LogP contribution is -2.58. The monoisotopic (exact) mass is 272 g/mol. The summed E-state index contributed by atoms with van der Waals surface area (Å²) in [5.41, 5.74) is -2.22. The Bertz CT molecular complexity index is 482. The Morgan fingerprint density at radius 3 is 2.26 bits per heavy atom. The largest absolute Gasteiger partial charge is 0.388 e. The van der Waals surface area contributed by atoms with Gasteiger partial charge in [0.2, 0.25) is 0 Å². The minimum Gasteiger partial charge on any atom is -0.388 e. The third kappa shape index (κ3) is 3.89. The number of benzene rings is 1. The first-order chi connectivity index (χ1) is 8.53. The average Bonchev–Trinajstić information content (AvgIpc) is 2.19. The van der Waals surface area contributed by atoms with E-state index in [4.69, 9.17) is 0 Å². The predicted molar refractivity (Wildman–Crippen MR) is 68.9 cm³/mol. The van der Waals surface area contributed by atoms with E-state index in [9.17, 15) is 18.7 Å². The topological polar surface area (TPSA) is 61.4 Å². The van der Waals surface area contributed by atoms with Crippen molar-refractivity contribution in [3.05, 3.63) is 29.8 Å². The van der Waals surface area contributed by atoms with Crippen LogP contribution in [0.2, 0.25) is 0 Å². The van der Waals surface area contributed by atoms with Gasteiger partial charge < -0.3 is 15.7 Å². The molecule has 0 spiro atoms. The van der Waals surface area contributed by atoms with Gasteiger partial charge in [-0.2, -0.15) is 0 Å². The Kier molecular flexibility index (Phi) is 4.15. The van der Waals surface area contributed by atoms with Crippen molar-refractivity contribution >= 4 is 11.7 Å². The number of aliphatic hydroxyl groups is 1. The summed E-state index contributed by atoms with van der Waals surface area (Å²) in [7, 11) is 0. The van der Waals surface area contributed by atoms with Crippen molar-refractivity contribution in [2.24, 2.45) is 0 Å². The van der Waals surface area contributed by atoms with Crippen LogP contribution in [0.5, 0.6) is 0 Å². The van der Waals surface area contributed by atoms with Crippen LogP contribution in [0, 0.1) is 11.6 Å². The van der Waals surface area contributed by atoms with Crippen LogP contribution in [0.25, 0.3) is 0 Å². The summed E-state index contributed by atoms with van der Waals surface area (Å²) in [6.45, 7) is 6.36. The molecule has 0 saturated carbocycles. The molecule has 0 aliphatic carbocycles. The Morgan fingerprint density at radius 2 is 1.79 bits per heavy atom. The number of hydrogen-bond donors (Lipinski definition) is 3. The van der Waals surface area contributed by atoms with Gasteiger partial charge in [0.05, 0.1) is 16.8 Å². The van der Waals surface area contributed by atoms with Crippen molar-refractivity contribution in [1.29, 1.82) is 0 Å². The van der Waals surface area contributed by atoms with Crippen LogP contribution in [0.1, 0.15) is 27.7 Å². The molecular weight excluding hydrogens is 254 g/mol. The van der Waals surface area contributed by atoms with Gasteiger partial charge in [0.1, 0.15) is 11.6 Å². The quantitative estimate of drug-likeness (QED) is 0.792. The Morgan fingerprint density at radius 1 is 1.21 bits per heavy atom. The molecule has 0 saturated heterocycles. The molecule has 1 aromatic carbocycles. The van der Waals surface area contributed by atoms with Gasteiger partial charge in [0, 0.05) is 6.07 Å². The van der Waals surface area contributed by atoms with Crippen molar-refractivity contribution in [2.75, 3.05) is 5.32 Å². The highest BCUT2D eigenvalue weighted by Gasteiger charge is 2.36. The molecule has 0 fully saturated rings. The summed E-state index contributed by atoms with van der Waals surface area (Å²) in [6, 6.07) is 2.16. The molecular formula is C13H18F2N2O2. The molecule has 0 radical (unpaired) electrons. The zero-order chi connectivity index (χ0) is 14.8. The number of rotatable bonds is 3. The molecule has 0 aromatic heterocycles. The van der Waals surface area contributed by atoms with E-state index < -0.39 is 28.8 Å². The van der Waals surface area contributed by atoms with Gasteiger partial charge in [0.15, 0.2) is 0 Å². The van der Waals surface area contributed by atoms with E-state index in [1.165, 1.54) is 0 Å². The summed E-state index contributed by atoms with van der Waals surface area (Å²) in [5.74, 6) is -1.59. The van der Waals surface area contributed by atoms with E-state index in [0.29, 0.717) is 6.07 Å². The van der Waals surface area contributed by atoms with Crippen LogP contribution < -0.4 is 10.6 Å². The summed E-state index contributed by atoms with van der Waals surface area (Å²) in [6.07, 6.45) is 0. The maximum absolute atomic E-state index is 13.3. The van der Waals surface area contributed by atoms with Crippen LogP contribution in [-0.4, -0.2) is 22.3 Å². The molecule has 6 heteroatoms. The number of carbonyl (C=O) groups excluding carboxylic acids is 1. The summed E-state index contributed by atoms with van der Waals surface area (Å²) < 4.78 is 26.1. The number of carbonyl (C=O) groups is 1. The SMILES string of the molecule is CC(C)(O)C(C)(C)NC(=O)Nc1ccc(F)cc1F. The van der Waals surface area contributed by atoms with Gasteiger partial charge in [-0.3, -0.25) is 0 Å². The van der Waals surface area contributed by atoms with Gasteiger partial charge in [-0.15, -0.1) is 0 Å². The van der Waals surface area contributed by atoms with E-state index in [2.05, 4.69) is 10.6 Å². The first-order valence-electron chi connectivity index (χ1n) is 5.79. The van der Waals surface area contributed by atoms with Crippen molar-refractivity contribution in [2.45, 2.75) is 38.8 Å². The summed E-state index contributed by atoms with van der Waals surface area (Å²) in [4.78, 5) is 11.7. The smallest absolute Gasteiger partial charge is 0.319 e. The second kappa shape index (κ2) is 5.13. The van der Waals surface area contributed by atoms with Gasteiger partial charge in [0.25, 0.3) is 0 Å². The highest BCUT2D eigenvalue weighted by molar-refractivity contribution is 5.89. The number of amides is 2. The molecule has 1 rings (SSSR count). The number of urea groups is 1. The molecule has 0 unspecified atom stereocenters. The molecule has 0 aliphatic rings. The molecule has 3 N–H and O–H groups in total. The molecule has 2 amide bonds. The average molecular weight is 272 g/mol. The summed E-state index contributed by atoms with van der Waals surface area (Å²) in [5, 5.41) is 14.7.